The first-order valence-electron chi connectivity index (χ1n) is 7.46. The van der Waals surface area contributed by atoms with Gasteiger partial charge in [0.05, 0.1) is 5.69 Å². The quantitative estimate of drug-likeness (QED) is 0.839. The zero-order chi connectivity index (χ0) is 14.4. The van der Waals surface area contributed by atoms with Crippen molar-refractivity contribution in [2.45, 2.75) is 38.6 Å². The van der Waals surface area contributed by atoms with Gasteiger partial charge >= 0.3 is 0 Å². The Morgan fingerprint density at radius 3 is 2.60 bits per heavy atom. The van der Waals surface area contributed by atoms with Gasteiger partial charge in [0.15, 0.2) is 0 Å². The molecule has 0 saturated heterocycles. The van der Waals surface area contributed by atoms with Gasteiger partial charge in [0, 0.05) is 25.2 Å². The van der Waals surface area contributed by atoms with Gasteiger partial charge in [-0.2, -0.15) is 5.10 Å². The minimum absolute atomic E-state index is 0.496. The first-order valence-corrected chi connectivity index (χ1v) is 7.46. The van der Waals surface area contributed by atoms with Crippen LogP contribution in [0.15, 0.2) is 36.4 Å². The van der Waals surface area contributed by atoms with E-state index in [1.54, 1.807) is 0 Å². The Balaban J connectivity index is 1.93. The average molecular weight is 271 g/mol. The standard InChI is InChI=1S/C17H25N3/c1-4-15-12-17(20(3)19-15)13-16(18-2)11-10-14-8-6-5-7-9-14/h5-9,12,16,18H,4,10-11,13H2,1-3H3. The van der Waals surface area contributed by atoms with Gasteiger partial charge in [0.25, 0.3) is 0 Å². The average Bonchev–Trinajstić information content (AvgIpc) is 2.84. The van der Waals surface area contributed by atoms with E-state index in [2.05, 4.69) is 53.7 Å². The molecule has 108 valence electrons. The molecule has 20 heavy (non-hydrogen) atoms. The molecule has 1 N–H and O–H groups in total. The Morgan fingerprint density at radius 2 is 2.00 bits per heavy atom. The van der Waals surface area contributed by atoms with Crippen LogP contribution < -0.4 is 5.32 Å². The van der Waals surface area contributed by atoms with Crippen molar-refractivity contribution in [3.05, 3.63) is 53.3 Å². The summed E-state index contributed by atoms with van der Waals surface area (Å²) in [7, 11) is 4.09. The molecule has 1 unspecified atom stereocenters. The molecule has 0 aliphatic rings. The molecule has 1 aromatic heterocycles. The Hall–Kier alpha value is -1.61. The summed E-state index contributed by atoms with van der Waals surface area (Å²) < 4.78 is 2.02. The highest BCUT2D eigenvalue weighted by atomic mass is 15.3. The highest BCUT2D eigenvalue weighted by Gasteiger charge is 2.11. The third kappa shape index (κ3) is 3.94. The Morgan fingerprint density at radius 1 is 1.25 bits per heavy atom. The topological polar surface area (TPSA) is 29.9 Å². The molecule has 2 rings (SSSR count). The van der Waals surface area contributed by atoms with Crippen molar-refractivity contribution in [2.24, 2.45) is 7.05 Å². The van der Waals surface area contributed by atoms with Crippen molar-refractivity contribution < 1.29 is 0 Å². The fourth-order valence-corrected chi connectivity index (χ4v) is 2.52. The normalized spacial score (nSPS) is 12.6. The van der Waals surface area contributed by atoms with Gasteiger partial charge in [-0.25, -0.2) is 0 Å². The number of nitrogens with one attached hydrogen (secondary N) is 1. The molecule has 2 aromatic rings. The number of aromatic nitrogens is 2. The van der Waals surface area contributed by atoms with Crippen LogP contribution in [-0.4, -0.2) is 22.9 Å². The number of nitrogens with zero attached hydrogens (tertiary/aromatic N) is 2. The minimum Gasteiger partial charge on any atom is -0.317 e. The predicted molar refractivity (Wildman–Crippen MR) is 83.9 cm³/mol. The molecular weight excluding hydrogens is 246 g/mol. The van der Waals surface area contributed by atoms with Crippen LogP contribution >= 0.6 is 0 Å². The second-order valence-electron chi connectivity index (χ2n) is 5.32. The minimum atomic E-state index is 0.496. The van der Waals surface area contributed by atoms with E-state index in [9.17, 15) is 0 Å². The van der Waals surface area contributed by atoms with Gasteiger partial charge in [0.1, 0.15) is 0 Å². The number of rotatable bonds is 7. The molecule has 0 radical (unpaired) electrons. The van der Waals surface area contributed by atoms with Gasteiger partial charge in [-0.05, 0) is 37.9 Å². The van der Waals surface area contributed by atoms with Crippen molar-refractivity contribution in [3.63, 3.8) is 0 Å². The Kier molecular flexibility index (Phi) is 5.36. The first kappa shape index (κ1) is 14.8. The lowest BCUT2D eigenvalue weighted by atomic mass is 10.0. The molecule has 0 aliphatic carbocycles. The van der Waals surface area contributed by atoms with Gasteiger partial charge in [0.2, 0.25) is 0 Å². The molecule has 1 aromatic carbocycles. The molecule has 1 heterocycles. The van der Waals surface area contributed by atoms with Crippen LogP contribution in [0.25, 0.3) is 0 Å². The van der Waals surface area contributed by atoms with Crippen LogP contribution in [0, 0.1) is 0 Å². The van der Waals surface area contributed by atoms with Crippen LogP contribution in [0.4, 0.5) is 0 Å². The summed E-state index contributed by atoms with van der Waals surface area (Å²) in [6.07, 6.45) is 4.30. The van der Waals surface area contributed by atoms with E-state index < -0.39 is 0 Å². The summed E-state index contributed by atoms with van der Waals surface area (Å²) in [4.78, 5) is 0. The highest BCUT2D eigenvalue weighted by molar-refractivity contribution is 5.15. The monoisotopic (exact) mass is 271 g/mol. The number of benzene rings is 1. The summed E-state index contributed by atoms with van der Waals surface area (Å²) in [5.41, 5.74) is 3.90. The predicted octanol–water partition coefficient (Wildman–Crippen LogP) is 2.75. The van der Waals surface area contributed by atoms with E-state index in [4.69, 9.17) is 0 Å². The number of hydrogen-bond donors (Lipinski definition) is 1. The smallest absolute Gasteiger partial charge is 0.0624 e. The number of likely N-dealkylation sites (N-methyl/N-ethyl adjacent to an activating group) is 1. The van der Waals surface area contributed by atoms with Crippen LogP contribution in [0.3, 0.4) is 0 Å². The fraction of sp³-hybridized carbons (Fsp3) is 0.471. The second-order valence-corrected chi connectivity index (χ2v) is 5.32. The number of aryl methyl sites for hydroxylation is 3. The van der Waals surface area contributed by atoms with Crippen LogP contribution in [-0.2, 0) is 26.3 Å². The molecule has 0 amide bonds. The lowest BCUT2D eigenvalue weighted by molar-refractivity contribution is 0.503. The molecule has 0 fully saturated rings. The molecule has 1 atom stereocenters. The summed E-state index contributed by atoms with van der Waals surface area (Å²) >= 11 is 0. The van der Waals surface area contributed by atoms with Crippen molar-refractivity contribution in [1.29, 1.82) is 0 Å². The van der Waals surface area contributed by atoms with Crippen molar-refractivity contribution in [1.82, 2.24) is 15.1 Å². The van der Waals surface area contributed by atoms with E-state index in [0.717, 1.165) is 25.7 Å². The van der Waals surface area contributed by atoms with E-state index >= 15 is 0 Å². The van der Waals surface area contributed by atoms with Gasteiger partial charge in [-0.1, -0.05) is 37.3 Å². The van der Waals surface area contributed by atoms with E-state index in [1.165, 1.54) is 17.0 Å². The maximum Gasteiger partial charge on any atom is 0.0624 e. The fourth-order valence-electron chi connectivity index (χ4n) is 2.52. The molecule has 0 saturated carbocycles. The molecule has 0 bridgehead atoms. The Bertz CT molecular complexity index is 516. The van der Waals surface area contributed by atoms with Crippen molar-refractivity contribution in [2.75, 3.05) is 7.05 Å². The van der Waals surface area contributed by atoms with Gasteiger partial charge in [-0.15, -0.1) is 0 Å². The molecule has 3 heteroatoms. The third-order valence-corrected chi connectivity index (χ3v) is 3.88. The summed E-state index contributed by atoms with van der Waals surface area (Å²) in [5.74, 6) is 0. The largest absolute Gasteiger partial charge is 0.317 e. The van der Waals surface area contributed by atoms with Crippen molar-refractivity contribution >= 4 is 0 Å². The van der Waals surface area contributed by atoms with Crippen molar-refractivity contribution in [3.8, 4) is 0 Å². The van der Waals surface area contributed by atoms with E-state index in [-0.39, 0.29) is 0 Å². The summed E-state index contributed by atoms with van der Waals surface area (Å²) in [6.45, 7) is 2.15. The lowest BCUT2D eigenvalue weighted by Crippen LogP contribution is -2.29. The molecule has 0 aliphatic heterocycles. The van der Waals surface area contributed by atoms with E-state index in [0.29, 0.717) is 6.04 Å². The number of hydrogen-bond acceptors (Lipinski definition) is 2. The maximum atomic E-state index is 4.52. The molecule has 3 nitrogen and oxygen atoms in total. The Labute approximate surface area is 122 Å². The lowest BCUT2D eigenvalue weighted by Gasteiger charge is -2.16. The second kappa shape index (κ2) is 7.25. The zero-order valence-electron chi connectivity index (χ0n) is 12.8. The molecular formula is C17H25N3. The summed E-state index contributed by atoms with van der Waals surface area (Å²) in [5, 5.41) is 7.96. The van der Waals surface area contributed by atoms with Gasteiger partial charge < -0.3 is 5.32 Å². The van der Waals surface area contributed by atoms with E-state index in [1.807, 2.05) is 18.8 Å². The van der Waals surface area contributed by atoms with Gasteiger partial charge in [-0.3, -0.25) is 4.68 Å². The first-order chi connectivity index (χ1) is 9.72. The maximum absolute atomic E-state index is 4.52. The van der Waals surface area contributed by atoms with Crippen LogP contribution in [0.5, 0.6) is 0 Å². The SMILES string of the molecule is CCc1cc(CC(CCc2ccccc2)NC)n(C)n1. The van der Waals surface area contributed by atoms with Crippen LogP contribution in [0.2, 0.25) is 0 Å². The third-order valence-electron chi connectivity index (χ3n) is 3.88. The highest BCUT2D eigenvalue weighted by Crippen LogP contribution is 2.11. The summed E-state index contributed by atoms with van der Waals surface area (Å²) in [6, 6.07) is 13.4. The zero-order valence-corrected chi connectivity index (χ0v) is 12.8. The van der Waals surface area contributed by atoms with Crippen LogP contribution in [0.1, 0.15) is 30.3 Å². The molecule has 0 spiro atoms.